The van der Waals surface area contributed by atoms with Gasteiger partial charge in [-0.1, -0.05) is 90.2 Å². The first-order valence-electron chi connectivity index (χ1n) is 13.2. The molecular weight excluding hydrogens is 360 g/mol. The van der Waals surface area contributed by atoms with Gasteiger partial charge in [-0.2, -0.15) is 0 Å². The highest BCUT2D eigenvalue weighted by Crippen LogP contribution is 2.65. The van der Waals surface area contributed by atoms with E-state index in [1.54, 1.807) is 5.57 Å². The molecule has 0 amide bonds. The van der Waals surface area contributed by atoms with E-state index in [2.05, 4.69) is 53.9 Å². The van der Waals surface area contributed by atoms with E-state index < -0.39 is 0 Å². The molecule has 0 heterocycles. The minimum Gasteiger partial charge on any atom is -0.100 e. The Labute approximate surface area is 189 Å². The molecule has 172 valence electrons. The van der Waals surface area contributed by atoms with Gasteiger partial charge < -0.3 is 0 Å². The summed E-state index contributed by atoms with van der Waals surface area (Å²) in [6.45, 7) is 24.9. The quantitative estimate of drug-likeness (QED) is 0.288. The summed E-state index contributed by atoms with van der Waals surface area (Å²) in [5.74, 6) is 3.60. The zero-order valence-electron chi connectivity index (χ0n) is 21.6. The molecule has 30 heavy (non-hydrogen) atoms. The van der Waals surface area contributed by atoms with Gasteiger partial charge in [0, 0.05) is 0 Å². The molecular formula is C30H52. The van der Waals surface area contributed by atoms with Gasteiger partial charge in [0.05, 0.1) is 0 Å². The van der Waals surface area contributed by atoms with Crippen LogP contribution >= 0.6 is 0 Å². The summed E-state index contributed by atoms with van der Waals surface area (Å²) in [7, 11) is 0. The van der Waals surface area contributed by atoms with Gasteiger partial charge in [0.15, 0.2) is 0 Å². The lowest BCUT2D eigenvalue weighted by Crippen LogP contribution is -2.53. The third-order valence-electron chi connectivity index (χ3n) is 9.26. The molecule has 0 aliphatic heterocycles. The van der Waals surface area contributed by atoms with E-state index in [1.165, 1.54) is 81.8 Å². The zero-order chi connectivity index (χ0) is 22.5. The van der Waals surface area contributed by atoms with Crippen LogP contribution in [0.1, 0.15) is 119 Å². The predicted molar refractivity (Wildman–Crippen MR) is 136 cm³/mol. The Morgan fingerprint density at radius 1 is 1.13 bits per heavy atom. The highest BCUT2D eigenvalue weighted by Gasteiger charge is 2.56. The molecule has 0 N–H and O–H groups in total. The van der Waals surface area contributed by atoms with Gasteiger partial charge in [-0.05, 0) is 92.8 Å². The maximum atomic E-state index is 4.30. The largest absolute Gasteiger partial charge is 0.100 e. The first-order chi connectivity index (χ1) is 14.2. The van der Waals surface area contributed by atoms with Crippen LogP contribution in [0.25, 0.3) is 0 Å². The van der Waals surface area contributed by atoms with E-state index in [4.69, 9.17) is 0 Å². The maximum Gasteiger partial charge on any atom is -0.00765 e. The molecule has 3 rings (SSSR count). The lowest BCUT2D eigenvalue weighted by atomic mass is 9.43. The third-order valence-corrected chi connectivity index (χ3v) is 9.26. The first kappa shape index (κ1) is 25.5. The summed E-state index contributed by atoms with van der Waals surface area (Å²) in [6.07, 6.45) is 17.4. The SMILES string of the molecule is C=C(C)CCCCCC1C2CCC3=CC(=C)CCC3(C)C2C(C)CC1(C)CC.CC. The van der Waals surface area contributed by atoms with Gasteiger partial charge in [-0.25, -0.2) is 0 Å². The Kier molecular flexibility index (Phi) is 9.08. The third kappa shape index (κ3) is 5.16. The van der Waals surface area contributed by atoms with Crippen LogP contribution in [0.4, 0.5) is 0 Å². The second-order valence-corrected chi connectivity index (χ2v) is 11.3. The Balaban J connectivity index is 0.00000155. The van der Waals surface area contributed by atoms with E-state index >= 15 is 0 Å². The van der Waals surface area contributed by atoms with Crippen LogP contribution in [0.3, 0.4) is 0 Å². The van der Waals surface area contributed by atoms with Crippen molar-refractivity contribution < 1.29 is 0 Å². The van der Waals surface area contributed by atoms with Crippen molar-refractivity contribution in [3.05, 3.63) is 36.0 Å². The van der Waals surface area contributed by atoms with Gasteiger partial charge >= 0.3 is 0 Å². The van der Waals surface area contributed by atoms with Crippen molar-refractivity contribution in [3.63, 3.8) is 0 Å². The molecule has 0 heteroatoms. The lowest BCUT2D eigenvalue weighted by molar-refractivity contribution is -0.0897. The maximum absolute atomic E-state index is 4.30. The van der Waals surface area contributed by atoms with E-state index in [9.17, 15) is 0 Å². The average Bonchev–Trinajstić information content (AvgIpc) is 2.71. The van der Waals surface area contributed by atoms with Crippen LogP contribution in [-0.2, 0) is 0 Å². The van der Waals surface area contributed by atoms with Crippen molar-refractivity contribution in [1.29, 1.82) is 0 Å². The second-order valence-electron chi connectivity index (χ2n) is 11.3. The predicted octanol–water partition coefficient (Wildman–Crippen LogP) is 9.92. The molecule has 0 saturated heterocycles. The van der Waals surface area contributed by atoms with Crippen molar-refractivity contribution >= 4 is 0 Å². The Morgan fingerprint density at radius 2 is 1.83 bits per heavy atom. The number of hydrogen-bond acceptors (Lipinski definition) is 0. The number of rotatable bonds is 7. The molecule has 0 aromatic carbocycles. The molecule has 2 fully saturated rings. The molecule has 0 aromatic rings. The number of hydrogen-bond donors (Lipinski definition) is 0. The summed E-state index contributed by atoms with van der Waals surface area (Å²) < 4.78 is 0. The van der Waals surface area contributed by atoms with Crippen LogP contribution in [0, 0.1) is 34.5 Å². The molecule has 0 nitrogen and oxygen atoms in total. The van der Waals surface area contributed by atoms with Crippen LogP contribution in [0.5, 0.6) is 0 Å². The fourth-order valence-corrected chi connectivity index (χ4v) is 7.75. The smallest absolute Gasteiger partial charge is 0.00765 e. The van der Waals surface area contributed by atoms with E-state index in [1.807, 2.05) is 13.8 Å². The second kappa shape index (κ2) is 10.7. The zero-order valence-corrected chi connectivity index (χ0v) is 21.6. The van der Waals surface area contributed by atoms with Crippen molar-refractivity contribution in [2.24, 2.45) is 34.5 Å². The molecule has 0 spiro atoms. The Morgan fingerprint density at radius 3 is 2.47 bits per heavy atom. The minimum atomic E-state index is 0.441. The standard InChI is InChI=1S/C28H46.C2H6/c1-8-27(6)19-22(5)26-24(25(27)13-11-9-10-12-20(2)3)15-14-23-18-21(4)16-17-28(23,26)7;1-2/h18,22,24-26H,2,4,8-17,19H2,1,3,5-7H3;1-2H3. The Hall–Kier alpha value is -0.780. The fourth-order valence-electron chi connectivity index (χ4n) is 7.75. The van der Waals surface area contributed by atoms with E-state index in [-0.39, 0.29) is 0 Å². The normalized spacial score (nSPS) is 38.0. The summed E-state index contributed by atoms with van der Waals surface area (Å²) >= 11 is 0. The molecule has 0 aromatic heterocycles. The van der Waals surface area contributed by atoms with Gasteiger partial charge in [-0.3, -0.25) is 0 Å². The number of fused-ring (bicyclic) bond motifs is 3. The van der Waals surface area contributed by atoms with Crippen LogP contribution in [0.15, 0.2) is 36.0 Å². The summed E-state index contributed by atoms with van der Waals surface area (Å²) in [6, 6.07) is 0. The molecule has 3 aliphatic carbocycles. The summed E-state index contributed by atoms with van der Waals surface area (Å²) in [5.41, 5.74) is 5.46. The highest BCUT2D eigenvalue weighted by molar-refractivity contribution is 5.33. The summed E-state index contributed by atoms with van der Waals surface area (Å²) in [4.78, 5) is 0. The van der Waals surface area contributed by atoms with Gasteiger partial charge in [0.2, 0.25) is 0 Å². The lowest BCUT2D eigenvalue weighted by Gasteiger charge is -2.61. The monoisotopic (exact) mass is 412 g/mol. The molecule has 6 unspecified atom stereocenters. The van der Waals surface area contributed by atoms with E-state index in [0.717, 1.165) is 23.7 Å². The van der Waals surface area contributed by atoms with Crippen molar-refractivity contribution in [2.45, 2.75) is 119 Å². The molecule has 2 saturated carbocycles. The summed E-state index contributed by atoms with van der Waals surface area (Å²) in [5, 5.41) is 0. The highest BCUT2D eigenvalue weighted by atomic mass is 14.6. The molecule has 3 aliphatic rings. The number of allylic oxidation sites excluding steroid dienone is 4. The molecule has 6 atom stereocenters. The average molecular weight is 413 g/mol. The van der Waals surface area contributed by atoms with Gasteiger partial charge in [0.25, 0.3) is 0 Å². The van der Waals surface area contributed by atoms with Crippen LogP contribution in [0.2, 0.25) is 0 Å². The molecule has 0 bridgehead atoms. The van der Waals surface area contributed by atoms with Crippen molar-refractivity contribution in [1.82, 2.24) is 0 Å². The van der Waals surface area contributed by atoms with E-state index in [0.29, 0.717) is 10.8 Å². The Bertz CT molecular complexity index is 622. The van der Waals surface area contributed by atoms with Crippen molar-refractivity contribution in [3.8, 4) is 0 Å². The van der Waals surface area contributed by atoms with Crippen LogP contribution in [-0.4, -0.2) is 0 Å². The fraction of sp³-hybridized carbons (Fsp3) is 0.800. The van der Waals surface area contributed by atoms with Crippen LogP contribution < -0.4 is 0 Å². The van der Waals surface area contributed by atoms with Crippen molar-refractivity contribution in [2.75, 3.05) is 0 Å². The first-order valence-corrected chi connectivity index (χ1v) is 13.2. The minimum absolute atomic E-state index is 0.441. The van der Waals surface area contributed by atoms with Gasteiger partial charge in [-0.15, -0.1) is 6.58 Å². The number of unbranched alkanes of at least 4 members (excludes halogenated alkanes) is 2. The van der Waals surface area contributed by atoms with Gasteiger partial charge in [0.1, 0.15) is 0 Å². The topological polar surface area (TPSA) is 0 Å². The molecule has 0 radical (unpaired) electrons.